The van der Waals surface area contributed by atoms with Gasteiger partial charge in [-0.1, -0.05) is 0 Å². The number of nitro benzene ring substituents is 1. The largest absolute Gasteiger partial charge is 0.393 e. The number of nitro groups is 1. The Balaban J connectivity index is 2.31. The van der Waals surface area contributed by atoms with Gasteiger partial charge < -0.3 is 4.90 Å². The van der Waals surface area contributed by atoms with Gasteiger partial charge in [-0.3, -0.25) is 14.9 Å². The number of carbonyl (C=O) groups is 1. The summed E-state index contributed by atoms with van der Waals surface area (Å²) in [6.45, 7) is -0.169. The highest BCUT2D eigenvalue weighted by Crippen LogP contribution is 2.37. The molecular formula is C12H11F3N2O3. The molecule has 108 valence electrons. The summed E-state index contributed by atoms with van der Waals surface area (Å²) in [5, 5.41) is 10.7. The monoisotopic (exact) mass is 288 g/mol. The quantitative estimate of drug-likeness (QED) is 0.487. The number of hydrogen-bond donors (Lipinski definition) is 0. The zero-order valence-corrected chi connectivity index (χ0v) is 10.3. The van der Waals surface area contributed by atoms with Crippen LogP contribution in [0.5, 0.6) is 0 Å². The van der Waals surface area contributed by atoms with Gasteiger partial charge in [-0.2, -0.15) is 13.2 Å². The van der Waals surface area contributed by atoms with E-state index >= 15 is 0 Å². The molecule has 0 N–H and O–H groups in total. The molecule has 0 spiro atoms. The molecule has 0 amide bonds. The van der Waals surface area contributed by atoms with Crippen LogP contribution >= 0.6 is 0 Å². The average Bonchev–Trinajstić information content (AvgIpc) is 2.87. The lowest BCUT2D eigenvalue weighted by atomic mass is 10.1. The predicted molar refractivity (Wildman–Crippen MR) is 64.9 cm³/mol. The number of carbonyl (C=O) groups excluding carboxylic acids is 1. The van der Waals surface area contributed by atoms with Gasteiger partial charge in [0.1, 0.15) is 0 Å². The number of nitrogens with zero attached hydrogens (tertiary/aromatic N) is 2. The fraction of sp³-hybridized carbons (Fsp3) is 0.417. The van der Waals surface area contributed by atoms with Crippen molar-refractivity contribution in [3.63, 3.8) is 0 Å². The molecule has 1 heterocycles. The number of anilines is 1. The molecule has 1 atom stereocenters. The van der Waals surface area contributed by atoms with Gasteiger partial charge in [0.2, 0.25) is 0 Å². The van der Waals surface area contributed by atoms with E-state index in [2.05, 4.69) is 0 Å². The molecule has 1 fully saturated rings. The number of rotatable bonds is 3. The van der Waals surface area contributed by atoms with E-state index in [1.807, 2.05) is 0 Å². The fourth-order valence-electron chi connectivity index (χ4n) is 2.27. The summed E-state index contributed by atoms with van der Waals surface area (Å²) >= 11 is 0. The van der Waals surface area contributed by atoms with Crippen LogP contribution < -0.4 is 4.90 Å². The summed E-state index contributed by atoms with van der Waals surface area (Å²) in [7, 11) is 0. The molecule has 0 radical (unpaired) electrons. The van der Waals surface area contributed by atoms with Gasteiger partial charge in [-0.15, -0.1) is 0 Å². The second-order valence-corrected chi connectivity index (χ2v) is 4.59. The maximum Gasteiger partial charge on any atom is 0.393 e. The number of non-ortho nitro benzene ring substituents is 1. The molecule has 1 unspecified atom stereocenters. The van der Waals surface area contributed by atoms with Crippen LogP contribution in [0, 0.1) is 16.0 Å². The summed E-state index contributed by atoms with van der Waals surface area (Å²) in [6.07, 6.45) is -3.89. The number of aldehydes is 1. The van der Waals surface area contributed by atoms with Gasteiger partial charge in [-0.25, -0.2) is 0 Å². The molecule has 5 nitrogen and oxygen atoms in total. The number of hydrogen-bond acceptors (Lipinski definition) is 4. The first-order chi connectivity index (χ1) is 9.32. The first kappa shape index (κ1) is 14.3. The molecule has 0 aromatic heterocycles. The average molecular weight is 288 g/mol. The van der Waals surface area contributed by atoms with Crippen LogP contribution in [0.1, 0.15) is 16.8 Å². The highest BCUT2D eigenvalue weighted by Gasteiger charge is 2.44. The Labute approximate surface area is 112 Å². The van der Waals surface area contributed by atoms with Gasteiger partial charge in [0.05, 0.1) is 16.5 Å². The lowest BCUT2D eigenvalue weighted by Crippen LogP contribution is -2.27. The van der Waals surface area contributed by atoms with E-state index in [0.29, 0.717) is 6.29 Å². The molecule has 0 aliphatic carbocycles. The van der Waals surface area contributed by atoms with Crippen molar-refractivity contribution in [3.05, 3.63) is 33.9 Å². The van der Waals surface area contributed by atoms with Crippen molar-refractivity contribution < 1.29 is 22.9 Å². The minimum atomic E-state index is -4.29. The van der Waals surface area contributed by atoms with Crippen LogP contribution in [0.25, 0.3) is 0 Å². The van der Waals surface area contributed by atoms with Crippen LogP contribution in [0.3, 0.4) is 0 Å². The summed E-state index contributed by atoms with van der Waals surface area (Å²) in [5.74, 6) is -1.47. The molecule has 1 aliphatic heterocycles. The Morgan fingerprint density at radius 2 is 2.10 bits per heavy atom. The van der Waals surface area contributed by atoms with E-state index < -0.39 is 17.0 Å². The highest BCUT2D eigenvalue weighted by atomic mass is 19.4. The molecule has 1 aromatic rings. The third-order valence-corrected chi connectivity index (χ3v) is 3.34. The number of halogens is 3. The van der Waals surface area contributed by atoms with Crippen LogP contribution in [0.2, 0.25) is 0 Å². The Morgan fingerprint density at radius 1 is 1.40 bits per heavy atom. The normalized spacial score (nSPS) is 19.1. The predicted octanol–water partition coefficient (Wildman–Crippen LogP) is 2.80. The van der Waals surface area contributed by atoms with E-state index in [9.17, 15) is 28.1 Å². The third-order valence-electron chi connectivity index (χ3n) is 3.34. The molecule has 20 heavy (non-hydrogen) atoms. The molecule has 2 rings (SSSR count). The molecule has 1 aromatic carbocycles. The molecular weight excluding hydrogens is 277 g/mol. The van der Waals surface area contributed by atoms with Crippen LogP contribution in [0.4, 0.5) is 24.5 Å². The second-order valence-electron chi connectivity index (χ2n) is 4.59. The minimum absolute atomic E-state index is 0.0789. The molecule has 1 saturated heterocycles. The SMILES string of the molecule is O=Cc1ccc([N+](=O)[O-])cc1N1CCC(C(F)(F)F)C1. The zero-order valence-electron chi connectivity index (χ0n) is 10.3. The lowest BCUT2D eigenvalue weighted by Gasteiger charge is -2.21. The topological polar surface area (TPSA) is 63.4 Å². The number of benzene rings is 1. The minimum Gasteiger partial charge on any atom is -0.370 e. The van der Waals surface area contributed by atoms with Gasteiger partial charge in [0.25, 0.3) is 5.69 Å². The highest BCUT2D eigenvalue weighted by molar-refractivity contribution is 5.85. The first-order valence-corrected chi connectivity index (χ1v) is 5.88. The van der Waals surface area contributed by atoms with Crippen molar-refractivity contribution in [2.24, 2.45) is 5.92 Å². The van der Waals surface area contributed by atoms with E-state index in [-0.39, 0.29) is 36.4 Å². The Morgan fingerprint density at radius 3 is 2.60 bits per heavy atom. The van der Waals surface area contributed by atoms with Gasteiger partial charge in [0.15, 0.2) is 6.29 Å². The van der Waals surface area contributed by atoms with E-state index in [4.69, 9.17) is 0 Å². The zero-order chi connectivity index (χ0) is 14.9. The molecule has 0 saturated carbocycles. The van der Waals surface area contributed by atoms with Crippen molar-refractivity contribution >= 4 is 17.7 Å². The summed E-state index contributed by atoms with van der Waals surface area (Å²) in [6, 6.07) is 3.55. The fourth-order valence-corrected chi connectivity index (χ4v) is 2.27. The summed E-state index contributed by atoms with van der Waals surface area (Å²) in [5.41, 5.74) is 0.0837. The first-order valence-electron chi connectivity index (χ1n) is 5.88. The van der Waals surface area contributed by atoms with E-state index in [1.54, 1.807) is 0 Å². The van der Waals surface area contributed by atoms with Crippen molar-refractivity contribution in [2.75, 3.05) is 18.0 Å². The van der Waals surface area contributed by atoms with Crippen molar-refractivity contribution in [1.82, 2.24) is 0 Å². The Hall–Kier alpha value is -2.12. The molecule has 0 bridgehead atoms. The van der Waals surface area contributed by atoms with E-state index in [0.717, 1.165) is 12.1 Å². The summed E-state index contributed by atoms with van der Waals surface area (Å²) < 4.78 is 37.9. The van der Waals surface area contributed by atoms with Crippen molar-refractivity contribution in [1.29, 1.82) is 0 Å². The smallest absolute Gasteiger partial charge is 0.370 e. The van der Waals surface area contributed by atoms with Crippen LogP contribution in [-0.4, -0.2) is 30.5 Å². The Bertz CT molecular complexity index is 545. The van der Waals surface area contributed by atoms with Crippen molar-refractivity contribution in [2.45, 2.75) is 12.6 Å². The number of alkyl halides is 3. The van der Waals surface area contributed by atoms with Gasteiger partial charge in [-0.05, 0) is 12.5 Å². The van der Waals surface area contributed by atoms with E-state index in [1.165, 1.54) is 11.0 Å². The lowest BCUT2D eigenvalue weighted by molar-refractivity contribution is -0.384. The molecule has 1 aliphatic rings. The van der Waals surface area contributed by atoms with Gasteiger partial charge >= 0.3 is 6.18 Å². The standard InChI is InChI=1S/C12H11F3N2O3/c13-12(14,15)9-3-4-16(6-9)11-5-10(17(19)20)2-1-8(11)7-18/h1-2,5,7,9H,3-4,6H2. The molecule has 8 heteroatoms. The van der Waals surface area contributed by atoms with Crippen molar-refractivity contribution in [3.8, 4) is 0 Å². The van der Waals surface area contributed by atoms with Crippen LogP contribution in [-0.2, 0) is 0 Å². The summed E-state index contributed by atoms with van der Waals surface area (Å²) in [4.78, 5) is 22.4. The Kier molecular flexibility index (Phi) is 3.65. The van der Waals surface area contributed by atoms with Crippen LogP contribution in [0.15, 0.2) is 18.2 Å². The maximum atomic E-state index is 12.6. The third kappa shape index (κ3) is 2.73. The maximum absolute atomic E-state index is 12.6. The van der Waals surface area contributed by atoms with Gasteiger partial charge in [0, 0.05) is 30.8 Å². The second kappa shape index (κ2) is 5.10.